The topological polar surface area (TPSA) is 80.5 Å². The number of aryl methyl sites for hydroxylation is 1. The van der Waals surface area contributed by atoms with Crippen molar-refractivity contribution in [2.45, 2.75) is 18.8 Å². The van der Waals surface area contributed by atoms with Crippen LogP contribution in [0.25, 0.3) is 0 Å². The summed E-state index contributed by atoms with van der Waals surface area (Å²) < 4.78 is 0. The fourth-order valence-electron chi connectivity index (χ4n) is 5.88. The molecule has 2 atom stereocenters. The van der Waals surface area contributed by atoms with E-state index in [0.29, 0.717) is 5.56 Å². The van der Waals surface area contributed by atoms with Gasteiger partial charge in [0.05, 0.1) is 16.8 Å². The highest BCUT2D eigenvalue weighted by molar-refractivity contribution is 6.24. The van der Waals surface area contributed by atoms with E-state index in [1.807, 2.05) is 48.5 Å². The summed E-state index contributed by atoms with van der Waals surface area (Å²) in [6, 6.07) is 20.6. The van der Waals surface area contributed by atoms with E-state index in [1.165, 1.54) is 12.1 Å². The van der Waals surface area contributed by atoms with Crippen LogP contribution in [0.1, 0.15) is 39.7 Å². The third-order valence-electron chi connectivity index (χ3n) is 7.02. The van der Waals surface area contributed by atoms with Crippen molar-refractivity contribution < 1.29 is 14.5 Å². The maximum Gasteiger partial charge on any atom is 0.293 e. The molecular weight excluding hydrogens is 392 g/mol. The van der Waals surface area contributed by atoms with E-state index in [9.17, 15) is 19.7 Å². The number of hydrogen-bond donors (Lipinski definition) is 0. The Morgan fingerprint density at radius 2 is 1.23 bits per heavy atom. The Hall–Kier alpha value is -3.80. The van der Waals surface area contributed by atoms with Crippen molar-refractivity contribution in [3.8, 4) is 0 Å². The van der Waals surface area contributed by atoms with Crippen LogP contribution in [-0.2, 0) is 9.59 Å². The molecule has 0 radical (unpaired) electrons. The van der Waals surface area contributed by atoms with Gasteiger partial charge in [-0.15, -0.1) is 0 Å². The second-order valence-corrected chi connectivity index (χ2v) is 8.53. The molecule has 2 bridgehead atoms. The van der Waals surface area contributed by atoms with Crippen LogP contribution in [0.15, 0.2) is 66.7 Å². The van der Waals surface area contributed by atoms with Crippen LogP contribution in [0.3, 0.4) is 0 Å². The third-order valence-corrected chi connectivity index (χ3v) is 7.02. The van der Waals surface area contributed by atoms with Crippen LogP contribution >= 0.6 is 0 Å². The van der Waals surface area contributed by atoms with E-state index < -0.39 is 16.8 Å². The van der Waals surface area contributed by atoms with Gasteiger partial charge in [-0.3, -0.25) is 19.7 Å². The number of amides is 2. The van der Waals surface area contributed by atoms with Gasteiger partial charge in [-0.2, -0.15) is 0 Å². The molecule has 1 saturated heterocycles. The summed E-state index contributed by atoms with van der Waals surface area (Å²) in [5.41, 5.74) is 4.85. The molecular formula is C25H18N2O4. The van der Waals surface area contributed by atoms with Gasteiger partial charge in [0.15, 0.2) is 0 Å². The Balaban J connectivity index is 1.57. The highest BCUT2D eigenvalue weighted by atomic mass is 16.6. The smallest absolute Gasteiger partial charge is 0.274 e. The quantitative estimate of drug-likeness (QED) is 0.358. The first-order valence-electron chi connectivity index (χ1n) is 10.3. The van der Waals surface area contributed by atoms with E-state index in [0.717, 1.165) is 27.2 Å². The Kier molecular flexibility index (Phi) is 3.55. The average molecular weight is 410 g/mol. The maximum absolute atomic E-state index is 13.7. The van der Waals surface area contributed by atoms with Crippen LogP contribution in [-0.4, -0.2) is 16.7 Å². The first-order chi connectivity index (χ1) is 15.0. The van der Waals surface area contributed by atoms with E-state index in [-0.39, 0.29) is 35.0 Å². The van der Waals surface area contributed by atoms with E-state index >= 15 is 0 Å². The zero-order valence-corrected chi connectivity index (χ0v) is 16.7. The highest BCUT2D eigenvalue weighted by Gasteiger charge is 2.62. The zero-order chi connectivity index (χ0) is 21.4. The molecule has 7 rings (SSSR count). The number of nitro groups is 1. The predicted molar refractivity (Wildman–Crippen MR) is 114 cm³/mol. The molecule has 6 heteroatoms. The van der Waals surface area contributed by atoms with Crippen LogP contribution in [0, 0.1) is 28.9 Å². The van der Waals surface area contributed by atoms with Crippen LogP contribution in [0.4, 0.5) is 11.4 Å². The lowest BCUT2D eigenvalue weighted by atomic mass is 9.55. The molecule has 1 fully saturated rings. The van der Waals surface area contributed by atoms with Crippen molar-refractivity contribution >= 4 is 23.2 Å². The van der Waals surface area contributed by atoms with Gasteiger partial charge in [0.2, 0.25) is 11.8 Å². The molecule has 3 aromatic rings. The molecule has 4 aliphatic rings. The monoisotopic (exact) mass is 410 g/mol. The van der Waals surface area contributed by atoms with E-state index in [4.69, 9.17) is 0 Å². The van der Waals surface area contributed by atoms with Crippen molar-refractivity contribution in [2.75, 3.05) is 4.90 Å². The fraction of sp³-hybridized carbons (Fsp3) is 0.200. The number of carbonyl (C=O) groups excluding carboxylic acids is 2. The Labute approximate surface area is 178 Å². The number of benzene rings is 3. The van der Waals surface area contributed by atoms with Gasteiger partial charge in [0, 0.05) is 17.9 Å². The number of nitrogens with zero attached hydrogens (tertiary/aromatic N) is 2. The number of anilines is 1. The van der Waals surface area contributed by atoms with Crippen LogP contribution in [0.2, 0.25) is 0 Å². The lowest BCUT2D eigenvalue weighted by Crippen LogP contribution is -2.41. The van der Waals surface area contributed by atoms with Gasteiger partial charge in [0.25, 0.3) is 5.69 Å². The van der Waals surface area contributed by atoms with Crippen LogP contribution < -0.4 is 4.90 Å². The van der Waals surface area contributed by atoms with Crippen molar-refractivity contribution in [1.82, 2.24) is 0 Å². The minimum absolute atomic E-state index is 0.0625. The van der Waals surface area contributed by atoms with Gasteiger partial charge >= 0.3 is 0 Å². The standard InChI is InChI=1S/C25H18N2O4/c1-13-10-11-18(19(12-13)27(30)31)26-24(28)22-20-14-6-2-3-7-15(14)21(23(22)25(26)29)17-9-5-4-8-16(17)20/h2-12,20-23H,1H3/t20?,21?,22-,23-/m1/s1. The summed E-state index contributed by atoms with van der Waals surface area (Å²) in [5, 5.41) is 11.7. The summed E-state index contributed by atoms with van der Waals surface area (Å²) in [4.78, 5) is 39.7. The molecule has 3 aromatic carbocycles. The van der Waals surface area contributed by atoms with Crippen molar-refractivity contribution in [3.05, 3.63) is 105 Å². The second kappa shape index (κ2) is 6.11. The molecule has 6 nitrogen and oxygen atoms in total. The first-order valence-corrected chi connectivity index (χ1v) is 10.3. The molecule has 152 valence electrons. The summed E-state index contributed by atoms with van der Waals surface area (Å²) in [6.45, 7) is 1.75. The average Bonchev–Trinajstić information content (AvgIpc) is 3.04. The van der Waals surface area contributed by atoms with Crippen molar-refractivity contribution in [2.24, 2.45) is 11.8 Å². The van der Waals surface area contributed by atoms with E-state index in [1.54, 1.807) is 13.0 Å². The Morgan fingerprint density at radius 1 is 0.774 bits per heavy atom. The minimum Gasteiger partial charge on any atom is -0.274 e. The molecule has 0 saturated carbocycles. The molecule has 0 N–H and O–H groups in total. The molecule has 0 unspecified atom stereocenters. The number of rotatable bonds is 2. The fourth-order valence-corrected chi connectivity index (χ4v) is 5.88. The summed E-state index contributed by atoms with van der Waals surface area (Å²) in [6.07, 6.45) is 0. The molecule has 0 aromatic heterocycles. The Bertz CT molecular complexity index is 1200. The second-order valence-electron chi connectivity index (χ2n) is 8.53. The van der Waals surface area contributed by atoms with E-state index in [2.05, 4.69) is 0 Å². The SMILES string of the molecule is Cc1ccc(N2C(=O)[C@@H]3C4c5ccccc5C(c5ccccc54)[C@H]3C2=O)c([N+](=O)[O-])c1. The molecule has 0 spiro atoms. The molecule has 1 heterocycles. The lowest BCUT2D eigenvalue weighted by molar-refractivity contribution is -0.384. The lowest BCUT2D eigenvalue weighted by Gasteiger charge is -2.45. The molecule has 2 amide bonds. The van der Waals surface area contributed by atoms with Crippen LogP contribution in [0.5, 0.6) is 0 Å². The Morgan fingerprint density at radius 3 is 1.65 bits per heavy atom. The summed E-state index contributed by atoms with van der Waals surface area (Å²) in [7, 11) is 0. The zero-order valence-electron chi connectivity index (χ0n) is 16.7. The first kappa shape index (κ1) is 18.0. The normalized spacial score (nSPS) is 25.3. The number of nitro benzene ring substituents is 1. The van der Waals surface area contributed by atoms with Crippen molar-refractivity contribution in [1.29, 1.82) is 0 Å². The van der Waals surface area contributed by atoms with Gasteiger partial charge in [-0.1, -0.05) is 54.6 Å². The maximum atomic E-state index is 13.7. The molecule has 1 aliphatic heterocycles. The van der Waals surface area contributed by atoms with Gasteiger partial charge < -0.3 is 0 Å². The third kappa shape index (κ3) is 2.22. The highest BCUT2D eigenvalue weighted by Crippen LogP contribution is 2.61. The summed E-state index contributed by atoms with van der Waals surface area (Å²) in [5.74, 6) is -2.25. The van der Waals surface area contributed by atoms with Gasteiger partial charge in [-0.05, 0) is 40.8 Å². The van der Waals surface area contributed by atoms with Gasteiger partial charge in [-0.25, -0.2) is 4.90 Å². The largest absolute Gasteiger partial charge is 0.293 e. The summed E-state index contributed by atoms with van der Waals surface area (Å²) >= 11 is 0. The number of hydrogen-bond acceptors (Lipinski definition) is 4. The predicted octanol–water partition coefficient (Wildman–Crippen LogP) is 4.30. The number of imide groups is 1. The molecule has 3 aliphatic carbocycles. The molecule has 31 heavy (non-hydrogen) atoms. The number of carbonyl (C=O) groups is 2. The van der Waals surface area contributed by atoms with Crippen molar-refractivity contribution in [3.63, 3.8) is 0 Å². The van der Waals surface area contributed by atoms with Gasteiger partial charge in [0.1, 0.15) is 5.69 Å². The minimum atomic E-state index is -0.553.